The van der Waals surface area contributed by atoms with Gasteiger partial charge in [0.15, 0.2) is 11.6 Å². The molecule has 18 heavy (non-hydrogen) atoms. The van der Waals surface area contributed by atoms with E-state index >= 15 is 0 Å². The molecule has 2 fully saturated rings. The molecule has 1 amide bonds. The highest BCUT2D eigenvalue weighted by molar-refractivity contribution is 5.78. The lowest BCUT2D eigenvalue weighted by Gasteiger charge is -2.34. The van der Waals surface area contributed by atoms with E-state index in [1.165, 1.54) is 6.07 Å². The molecular formula is C14H15F2NO. The Morgan fingerprint density at radius 2 is 1.94 bits per heavy atom. The van der Waals surface area contributed by atoms with Gasteiger partial charge in [-0.2, -0.15) is 0 Å². The average molecular weight is 251 g/mol. The van der Waals surface area contributed by atoms with Crippen LogP contribution >= 0.6 is 0 Å². The van der Waals surface area contributed by atoms with Crippen molar-refractivity contribution in [1.29, 1.82) is 0 Å². The van der Waals surface area contributed by atoms with Crippen LogP contribution in [0, 0.1) is 11.6 Å². The zero-order chi connectivity index (χ0) is 12.7. The Balaban J connectivity index is 1.92. The number of hydrogen-bond acceptors (Lipinski definition) is 1. The van der Waals surface area contributed by atoms with Gasteiger partial charge in [-0.3, -0.25) is 4.79 Å². The van der Waals surface area contributed by atoms with Gasteiger partial charge in [0.2, 0.25) is 5.91 Å². The topological polar surface area (TPSA) is 20.3 Å². The van der Waals surface area contributed by atoms with Crippen LogP contribution in [-0.4, -0.2) is 16.8 Å². The summed E-state index contributed by atoms with van der Waals surface area (Å²) in [5, 5.41) is 0. The molecule has 0 N–H and O–H groups in total. The number of hydrogen-bond donors (Lipinski definition) is 0. The maximum Gasteiger partial charge on any atom is 0.223 e. The molecule has 3 rings (SSSR count). The van der Waals surface area contributed by atoms with E-state index < -0.39 is 11.6 Å². The van der Waals surface area contributed by atoms with Crippen molar-refractivity contribution in [3.05, 3.63) is 35.4 Å². The summed E-state index contributed by atoms with van der Waals surface area (Å²) in [7, 11) is 0. The van der Waals surface area contributed by atoms with Crippen LogP contribution in [0.15, 0.2) is 18.2 Å². The van der Waals surface area contributed by atoms with Gasteiger partial charge in [-0.1, -0.05) is 6.07 Å². The van der Waals surface area contributed by atoms with Gasteiger partial charge >= 0.3 is 0 Å². The molecule has 2 nitrogen and oxygen atoms in total. The molecule has 2 heterocycles. The van der Waals surface area contributed by atoms with Crippen molar-refractivity contribution in [2.45, 2.75) is 44.2 Å². The maximum absolute atomic E-state index is 13.3. The number of amides is 1. The van der Waals surface area contributed by atoms with Crippen LogP contribution in [-0.2, 0) is 4.79 Å². The molecule has 2 saturated heterocycles. The molecule has 2 aliphatic rings. The summed E-state index contributed by atoms with van der Waals surface area (Å²) in [6, 6.07) is 4.19. The quantitative estimate of drug-likeness (QED) is 0.750. The van der Waals surface area contributed by atoms with Crippen molar-refractivity contribution < 1.29 is 13.6 Å². The number of benzene rings is 1. The molecule has 4 heteroatoms. The zero-order valence-electron chi connectivity index (χ0n) is 10.0. The molecule has 1 aromatic rings. The van der Waals surface area contributed by atoms with Crippen LogP contribution in [0.5, 0.6) is 0 Å². The number of nitrogens with zero attached hydrogens (tertiary/aromatic N) is 1. The third-order valence-corrected chi connectivity index (χ3v) is 4.05. The molecular weight excluding hydrogens is 236 g/mol. The SMILES string of the molecule is O=C1CCCC2CCC(c3ccc(F)c(F)c3)N12. The van der Waals surface area contributed by atoms with Crippen LogP contribution in [0.1, 0.15) is 43.7 Å². The second-order valence-electron chi connectivity index (χ2n) is 5.11. The molecule has 0 saturated carbocycles. The molecule has 0 aromatic heterocycles. The highest BCUT2D eigenvalue weighted by Crippen LogP contribution is 2.41. The van der Waals surface area contributed by atoms with Crippen LogP contribution in [0.2, 0.25) is 0 Å². The van der Waals surface area contributed by atoms with Crippen LogP contribution in [0.25, 0.3) is 0 Å². The predicted molar refractivity (Wildman–Crippen MR) is 62.8 cm³/mol. The van der Waals surface area contributed by atoms with Gasteiger partial charge in [-0.05, 0) is 43.4 Å². The molecule has 2 aliphatic heterocycles. The Hall–Kier alpha value is -1.45. The van der Waals surface area contributed by atoms with Crippen molar-refractivity contribution in [2.75, 3.05) is 0 Å². The van der Waals surface area contributed by atoms with E-state index in [1.807, 2.05) is 4.90 Å². The number of carbonyl (C=O) groups is 1. The second kappa shape index (κ2) is 4.34. The number of piperidine rings is 1. The van der Waals surface area contributed by atoms with E-state index in [2.05, 4.69) is 0 Å². The molecule has 0 radical (unpaired) electrons. The number of rotatable bonds is 1. The van der Waals surface area contributed by atoms with Gasteiger partial charge in [0.05, 0.1) is 6.04 Å². The fourth-order valence-corrected chi connectivity index (χ4v) is 3.21. The minimum atomic E-state index is -0.835. The van der Waals surface area contributed by atoms with E-state index in [1.54, 1.807) is 6.07 Å². The highest BCUT2D eigenvalue weighted by atomic mass is 19.2. The van der Waals surface area contributed by atoms with Gasteiger partial charge in [-0.25, -0.2) is 8.78 Å². The fraction of sp³-hybridized carbons (Fsp3) is 0.500. The van der Waals surface area contributed by atoms with Crippen LogP contribution < -0.4 is 0 Å². The van der Waals surface area contributed by atoms with Gasteiger partial charge in [0.1, 0.15) is 0 Å². The minimum absolute atomic E-state index is 0.0714. The van der Waals surface area contributed by atoms with E-state index in [9.17, 15) is 13.6 Å². The summed E-state index contributed by atoms with van der Waals surface area (Å²) in [5.41, 5.74) is 0.714. The third-order valence-electron chi connectivity index (χ3n) is 4.05. The summed E-state index contributed by atoms with van der Waals surface area (Å²) in [6.45, 7) is 0. The first-order valence-corrected chi connectivity index (χ1v) is 6.43. The smallest absolute Gasteiger partial charge is 0.223 e. The van der Waals surface area contributed by atoms with E-state index in [4.69, 9.17) is 0 Å². The summed E-state index contributed by atoms with van der Waals surface area (Å²) < 4.78 is 26.2. The minimum Gasteiger partial charge on any atom is -0.333 e. The van der Waals surface area contributed by atoms with E-state index in [0.29, 0.717) is 18.0 Å². The van der Waals surface area contributed by atoms with Crippen molar-refractivity contribution >= 4 is 5.91 Å². The Morgan fingerprint density at radius 3 is 2.72 bits per heavy atom. The summed E-state index contributed by atoms with van der Waals surface area (Å²) in [4.78, 5) is 13.9. The van der Waals surface area contributed by atoms with E-state index in [0.717, 1.165) is 31.7 Å². The largest absolute Gasteiger partial charge is 0.333 e. The van der Waals surface area contributed by atoms with Crippen molar-refractivity contribution in [2.24, 2.45) is 0 Å². The van der Waals surface area contributed by atoms with Crippen LogP contribution in [0.4, 0.5) is 8.78 Å². The molecule has 2 atom stereocenters. The predicted octanol–water partition coefficient (Wildman–Crippen LogP) is 3.18. The lowest BCUT2D eigenvalue weighted by Crippen LogP contribution is -2.40. The van der Waals surface area contributed by atoms with Crippen molar-refractivity contribution in [3.8, 4) is 0 Å². The fourth-order valence-electron chi connectivity index (χ4n) is 3.21. The number of carbonyl (C=O) groups excluding carboxylic acids is 1. The zero-order valence-corrected chi connectivity index (χ0v) is 10.0. The van der Waals surface area contributed by atoms with Crippen LogP contribution in [0.3, 0.4) is 0 Å². The molecule has 1 aromatic carbocycles. The molecule has 96 valence electrons. The Labute approximate surface area is 105 Å². The molecule has 0 aliphatic carbocycles. The van der Waals surface area contributed by atoms with E-state index in [-0.39, 0.29) is 11.9 Å². The number of halogens is 2. The molecule has 0 spiro atoms. The Bertz CT molecular complexity index is 489. The van der Waals surface area contributed by atoms with Gasteiger partial charge in [-0.15, -0.1) is 0 Å². The maximum atomic E-state index is 13.3. The first-order chi connectivity index (χ1) is 8.66. The molecule has 0 bridgehead atoms. The monoisotopic (exact) mass is 251 g/mol. The second-order valence-corrected chi connectivity index (χ2v) is 5.11. The summed E-state index contributed by atoms with van der Waals surface area (Å²) in [5.74, 6) is -1.52. The molecule has 2 unspecified atom stereocenters. The normalized spacial score (nSPS) is 27.4. The average Bonchev–Trinajstić information content (AvgIpc) is 2.78. The third kappa shape index (κ3) is 1.80. The van der Waals surface area contributed by atoms with Gasteiger partial charge in [0.25, 0.3) is 0 Å². The summed E-state index contributed by atoms with van der Waals surface area (Å²) >= 11 is 0. The summed E-state index contributed by atoms with van der Waals surface area (Å²) in [6.07, 6.45) is 4.38. The van der Waals surface area contributed by atoms with Gasteiger partial charge in [0, 0.05) is 12.5 Å². The lowest BCUT2D eigenvalue weighted by molar-refractivity contribution is -0.136. The first-order valence-electron chi connectivity index (χ1n) is 6.43. The Kier molecular flexibility index (Phi) is 2.80. The lowest BCUT2D eigenvalue weighted by atomic mass is 10.0. The van der Waals surface area contributed by atoms with Crippen molar-refractivity contribution in [3.63, 3.8) is 0 Å². The highest BCUT2D eigenvalue weighted by Gasteiger charge is 2.39. The Morgan fingerprint density at radius 1 is 1.11 bits per heavy atom. The first kappa shape index (κ1) is 11.6. The van der Waals surface area contributed by atoms with Gasteiger partial charge < -0.3 is 4.90 Å². The standard InChI is InChI=1S/C14H15F2NO/c15-11-6-4-9(8-12(11)16)13-7-5-10-2-1-3-14(18)17(10)13/h4,6,8,10,13H,1-3,5,7H2. The number of fused-ring (bicyclic) bond motifs is 1. The van der Waals surface area contributed by atoms with Crippen molar-refractivity contribution in [1.82, 2.24) is 4.90 Å².